The third-order valence-electron chi connectivity index (χ3n) is 3.05. The summed E-state index contributed by atoms with van der Waals surface area (Å²) in [5, 5.41) is 2.71. The average molecular weight is 364 g/mol. The maximum atomic E-state index is 13.0. The molecule has 0 heterocycles. The van der Waals surface area contributed by atoms with Crippen LogP contribution in [0.15, 0.2) is 46.9 Å². The number of nitrogens with one attached hydrogen (secondary N) is 1. The molecule has 0 aliphatic heterocycles. The zero-order chi connectivity index (χ0) is 16.1. The van der Waals surface area contributed by atoms with Crippen molar-refractivity contribution in [3.8, 4) is 5.75 Å². The van der Waals surface area contributed by atoms with Crippen molar-refractivity contribution in [2.24, 2.45) is 0 Å². The van der Waals surface area contributed by atoms with Gasteiger partial charge in [0, 0.05) is 21.8 Å². The Morgan fingerprint density at radius 1 is 1.27 bits per heavy atom. The number of ether oxygens (including phenoxy) is 1. The molecule has 2 aromatic carbocycles. The van der Waals surface area contributed by atoms with Gasteiger partial charge in [0.15, 0.2) is 0 Å². The van der Waals surface area contributed by atoms with Crippen molar-refractivity contribution in [3.05, 3.63) is 63.9 Å². The van der Waals surface area contributed by atoms with E-state index in [4.69, 9.17) is 4.74 Å². The Balaban J connectivity index is 2.13. The van der Waals surface area contributed by atoms with Crippen molar-refractivity contribution < 1.29 is 13.9 Å². The molecule has 0 radical (unpaired) electrons. The van der Waals surface area contributed by atoms with Gasteiger partial charge in [0.1, 0.15) is 11.6 Å². The van der Waals surface area contributed by atoms with Gasteiger partial charge in [0.05, 0.1) is 7.11 Å². The van der Waals surface area contributed by atoms with E-state index in [2.05, 4.69) is 21.2 Å². The summed E-state index contributed by atoms with van der Waals surface area (Å²) in [5.74, 6) is 0.0480. The van der Waals surface area contributed by atoms with Crippen molar-refractivity contribution in [2.45, 2.75) is 6.92 Å². The highest BCUT2D eigenvalue weighted by Gasteiger charge is 2.04. The number of rotatable bonds is 4. The van der Waals surface area contributed by atoms with Gasteiger partial charge in [0.2, 0.25) is 5.91 Å². The molecule has 0 saturated heterocycles. The molecule has 0 saturated carbocycles. The zero-order valence-corrected chi connectivity index (χ0v) is 13.8. The standard InChI is InChI=1S/C17H15BrFNO2/c1-11-9-14(19)5-6-15(11)20-17(21)8-3-12-10-13(18)4-7-16(12)22-2/h3-10H,1-2H3,(H,20,21)/b8-3+. The van der Waals surface area contributed by atoms with Crippen LogP contribution >= 0.6 is 15.9 Å². The van der Waals surface area contributed by atoms with Crippen LogP contribution in [0.25, 0.3) is 6.08 Å². The SMILES string of the molecule is COc1ccc(Br)cc1/C=C/C(=O)Nc1ccc(F)cc1C. The third kappa shape index (κ3) is 4.18. The van der Waals surface area contributed by atoms with E-state index in [-0.39, 0.29) is 11.7 Å². The largest absolute Gasteiger partial charge is 0.496 e. The fourth-order valence-corrected chi connectivity index (χ4v) is 2.32. The summed E-state index contributed by atoms with van der Waals surface area (Å²) in [6, 6.07) is 9.74. The zero-order valence-electron chi connectivity index (χ0n) is 12.2. The molecular formula is C17H15BrFNO2. The van der Waals surface area contributed by atoms with Crippen molar-refractivity contribution >= 4 is 33.6 Å². The van der Waals surface area contributed by atoms with Gasteiger partial charge in [-0.15, -0.1) is 0 Å². The Morgan fingerprint density at radius 3 is 2.73 bits per heavy atom. The monoisotopic (exact) mass is 363 g/mol. The van der Waals surface area contributed by atoms with Crippen LogP contribution in [0.4, 0.5) is 10.1 Å². The van der Waals surface area contributed by atoms with Crippen LogP contribution < -0.4 is 10.1 Å². The Bertz CT molecular complexity index is 729. The molecule has 1 N–H and O–H groups in total. The predicted molar refractivity (Wildman–Crippen MR) is 89.5 cm³/mol. The minimum absolute atomic E-state index is 0.295. The van der Waals surface area contributed by atoms with Gasteiger partial charge < -0.3 is 10.1 Å². The molecule has 0 unspecified atom stereocenters. The van der Waals surface area contributed by atoms with E-state index in [0.717, 1.165) is 10.0 Å². The molecule has 22 heavy (non-hydrogen) atoms. The predicted octanol–water partition coefficient (Wildman–Crippen LogP) is 4.56. The van der Waals surface area contributed by atoms with E-state index >= 15 is 0 Å². The number of benzene rings is 2. The molecule has 2 rings (SSSR count). The number of halogens is 2. The fourth-order valence-electron chi connectivity index (χ4n) is 1.94. The minimum atomic E-state index is -0.329. The summed E-state index contributed by atoms with van der Waals surface area (Å²) in [7, 11) is 1.57. The quantitative estimate of drug-likeness (QED) is 0.808. The maximum absolute atomic E-state index is 13.0. The number of methoxy groups -OCH3 is 1. The highest BCUT2D eigenvalue weighted by Crippen LogP contribution is 2.24. The molecule has 0 aliphatic rings. The van der Waals surface area contributed by atoms with Gasteiger partial charge in [-0.1, -0.05) is 15.9 Å². The van der Waals surface area contributed by atoms with Crippen LogP contribution in [0.5, 0.6) is 5.75 Å². The first-order valence-electron chi connectivity index (χ1n) is 6.58. The molecule has 0 fully saturated rings. The fraction of sp³-hybridized carbons (Fsp3) is 0.118. The summed E-state index contributed by atoms with van der Waals surface area (Å²) in [6.45, 7) is 1.74. The highest BCUT2D eigenvalue weighted by atomic mass is 79.9. The van der Waals surface area contributed by atoms with E-state index in [9.17, 15) is 9.18 Å². The van der Waals surface area contributed by atoms with E-state index in [1.54, 1.807) is 20.1 Å². The van der Waals surface area contributed by atoms with Crippen molar-refractivity contribution in [3.63, 3.8) is 0 Å². The lowest BCUT2D eigenvalue weighted by Gasteiger charge is -2.07. The molecule has 0 bridgehead atoms. The van der Waals surface area contributed by atoms with Gasteiger partial charge >= 0.3 is 0 Å². The average Bonchev–Trinajstić information content (AvgIpc) is 2.48. The van der Waals surface area contributed by atoms with Crippen LogP contribution in [0.3, 0.4) is 0 Å². The number of anilines is 1. The summed E-state index contributed by atoms with van der Waals surface area (Å²) in [6.07, 6.45) is 3.07. The second-order valence-electron chi connectivity index (χ2n) is 4.67. The van der Waals surface area contributed by atoms with Gasteiger partial charge in [0.25, 0.3) is 0 Å². The van der Waals surface area contributed by atoms with Crippen LogP contribution in [0, 0.1) is 12.7 Å². The molecule has 114 valence electrons. The van der Waals surface area contributed by atoms with Crippen molar-refractivity contribution in [1.82, 2.24) is 0 Å². The summed E-state index contributed by atoms with van der Waals surface area (Å²) < 4.78 is 19.2. The number of hydrogen-bond donors (Lipinski definition) is 1. The lowest BCUT2D eigenvalue weighted by atomic mass is 10.1. The molecular weight excluding hydrogens is 349 g/mol. The molecule has 1 amide bonds. The molecule has 0 aliphatic carbocycles. The molecule has 0 atom stereocenters. The first-order valence-corrected chi connectivity index (χ1v) is 7.37. The van der Waals surface area contributed by atoms with Crippen molar-refractivity contribution in [2.75, 3.05) is 12.4 Å². The third-order valence-corrected chi connectivity index (χ3v) is 3.55. The lowest BCUT2D eigenvalue weighted by molar-refractivity contribution is -0.111. The van der Waals surface area contributed by atoms with Gasteiger partial charge in [-0.05, 0) is 55.0 Å². The van der Waals surface area contributed by atoms with Gasteiger partial charge in [-0.2, -0.15) is 0 Å². The summed E-state index contributed by atoms with van der Waals surface area (Å²) in [4.78, 5) is 12.0. The van der Waals surface area contributed by atoms with E-state index in [0.29, 0.717) is 17.0 Å². The smallest absolute Gasteiger partial charge is 0.248 e. The molecule has 5 heteroatoms. The second-order valence-corrected chi connectivity index (χ2v) is 5.58. The second kappa shape index (κ2) is 7.22. The number of hydrogen-bond acceptors (Lipinski definition) is 2. The Kier molecular flexibility index (Phi) is 5.33. The summed E-state index contributed by atoms with van der Waals surface area (Å²) in [5.41, 5.74) is 2.03. The Hall–Kier alpha value is -2.14. The number of carbonyl (C=O) groups is 1. The Morgan fingerprint density at radius 2 is 2.05 bits per heavy atom. The molecule has 0 aromatic heterocycles. The summed E-state index contributed by atoms with van der Waals surface area (Å²) >= 11 is 3.38. The Labute approximate surface area is 136 Å². The van der Waals surface area contributed by atoms with Crippen LogP contribution in [0.2, 0.25) is 0 Å². The molecule has 0 spiro atoms. The van der Waals surface area contributed by atoms with Gasteiger partial charge in [-0.3, -0.25) is 4.79 Å². The number of carbonyl (C=O) groups excluding carboxylic acids is 1. The van der Waals surface area contributed by atoms with E-state index in [1.165, 1.54) is 24.3 Å². The van der Waals surface area contributed by atoms with Crippen LogP contribution in [-0.4, -0.2) is 13.0 Å². The first kappa shape index (κ1) is 16.2. The van der Waals surface area contributed by atoms with Crippen LogP contribution in [0.1, 0.15) is 11.1 Å². The van der Waals surface area contributed by atoms with E-state index < -0.39 is 0 Å². The van der Waals surface area contributed by atoms with Gasteiger partial charge in [-0.25, -0.2) is 4.39 Å². The maximum Gasteiger partial charge on any atom is 0.248 e. The number of aryl methyl sites for hydroxylation is 1. The molecule has 2 aromatic rings. The normalized spacial score (nSPS) is 10.7. The van der Waals surface area contributed by atoms with E-state index in [1.807, 2.05) is 18.2 Å². The minimum Gasteiger partial charge on any atom is -0.496 e. The highest BCUT2D eigenvalue weighted by molar-refractivity contribution is 9.10. The number of amides is 1. The van der Waals surface area contributed by atoms with Crippen molar-refractivity contribution in [1.29, 1.82) is 0 Å². The topological polar surface area (TPSA) is 38.3 Å². The molecule has 3 nitrogen and oxygen atoms in total. The first-order chi connectivity index (χ1) is 10.5. The van der Waals surface area contributed by atoms with Crippen LogP contribution in [-0.2, 0) is 4.79 Å². The lowest BCUT2D eigenvalue weighted by Crippen LogP contribution is -2.09.